The van der Waals surface area contributed by atoms with Gasteiger partial charge in [-0.25, -0.2) is 4.79 Å². The summed E-state index contributed by atoms with van der Waals surface area (Å²) < 4.78 is 39.9. The van der Waals surface area contributed by atoms with E-state index >= 15 is 0 Å². The second kappa shape index (κ2) is 9.45. The van der Waals surface area contributed by atoms with Crippen LogP contribution in [0.3, 0.4) is 0 Å². The third-order valence-electron chi connectivity index (χ3n) is 3.35. The van der Waals surface area contributed by atoms with Crippen molar-refractivity contribution in [3.05, 3.63) is 48.0 Å². The van der Waals surface area contributed by atoms with Crippen LogP contribution in [0.4, 0.5) is 19.3 Å². The molecule has 0 aromatic heterocycles. The SMILES string of the molecule is CCOc1cc(NC(=O)NCc2ccccc2OC(F)F)ccc1OC. The van der Waals surface area contributed by atoms with Crippen molar-refractivity contribution in [2.75, 3.05) is 19.0 Å². The number of amides is 2. The fraction of sp³-hybridized carbons (Fsp3) is 0.278. The quantitative estimate of drug-likeness (QED) is 0.740. The van der Waals surface area contributed by atoms with Crippen LogP contribution < -0.4 is 24.8 Å². The van der Waals surface area contributed by atoms with Gasteiger partial charge in [0, 0.05) is 23.9 Å². The zero-order valence-electron chi connectivity index (χ0n) is 14.4. The van der Waals surface area contributed by atoms with E-state index in [0.29, 0.717) is 29.4 Å². The van der Waals surface area contributed by atoms with Crippen LogP contribution in [-0.4, -0.2) is 26.4 Å². The minimum Gasteiger partial charge on any atom is -0.493 e. The molecular formula is C18H20F2N2O4. The summed E-state index contributed by atoms with van der Waals surface area (Å²) in [6.07, 6.45) is 0. The number of nitrogens with one attached hydrogen (secondary N) is 2. The van der Waals surface area contributed by atoms with E-state index in [9.17, 15) is 13.6 Å². The van der Waals surface area contributed by atoms with Crippen molar-refractivity contribution in [1.82, 2.24) is 5.32 Å². The summed E-state index contributed by atoms with van der Waals surface area (Å²) in [5, 5.41) is 5.24. The van der Waals surface area contributed by atoms with E-state index in [0.717, 1.165) is 0 Å². The smallest absolute Gasteiger partial charge is 0.387 e. The predicted octanol–water partition coefficient (Wildman–Crippen LogP) is 4.02. The molecule has 0 aliphatic carbocycles. The number of para-hydroxylation sites is 1. The topological polar surface area (TPSA) is 68.8 Å². The second-order valence-electron chi connectivity index (χ2n) is 5.09. The number of rotatable bonds is 8. The molecule has 2 amide bonds. The van der Waals surface area contributed by atoms with Crippen molar-refractivity contribution >= 4 is 11.7 Å². The highest BCUT2D eigenvalue weighted by molar-refractivity contribution is 5.89. The summed E-state index contributed by atoms with van der Waals surface area (Å²) in [5.41, 5.74) is 0.941. The van der Waals surface area contributed by atoms with Gasteiger partial charge >= 0.3 is 12.6 Å². The lowest BCUT2D eigenvalue weighted by molar-refractivity contribution is -0.0504. The largest absolute Gasteiger partial charge is 0.493 e. The number of carbonyl (C=O) groups excluding carboxylic acids is 1. The fourth-order valence-corrected chi connectivity index (χ4v) is 2.23. The lowest BCUT2D eigenvalue weighted by Crippen LogP contribution is -2.28. The van der Waals surface area contributed by atoms with E-state index in [1.165, 1.54) is 13.2 Å². The van der Waals surface area contributed by atoms with Crippen LogP contribution in [0.5, 0.6) is 17.2 Å². The van der Waals surface area contributed by atoms with Crippen LogP contribution >= 0.6 is 0 Å². The molecule has 0 atom stereocenters. The molecule has 0 heterocycles. The molecule has 6 nitrogen and oxygen atoms in total. The Morgan fingerprint density at radius 2 is 1.88 bits per heavy atom. The van der Waals surface area contributed by atoms with E-state index < -0.39 is 12.6 Å². The van der Waals surface area contributed by atoms with Crippen LogP contribution in [-0.2, 0) is 6.54 Å². The molecule has 26 heavy (non-hydrogen) atoms. The maximum atomic E-state index is 12.4. The molecule has 0 radical (unpaired) electrons. The van der Waals surface area contributed by atoms with Gasteiger partial charge in [0.1, 0.15) is 5.75 Å². The number of alkyl halides is 2. The van der Waals surface area contributed by atoms with Gasteiger partial charge in [0.05, 0.1) is 13.7 Å². The molecule has 0 aliphatic rings. The Morgan fingerprint density at radius 3 is 2.58 bits per heavy atom. The van der Waals surface area contributed by atoms with Crippen molar-refractivity contribution in [2.24, 2.45) is 0 Å². The van der Waals surface area contributed by atoms with Crippen LogP contribution in [0.25, 0.3) is 0 Å². The van der Waals surface area contributed by atoms with Crippen molar-refractivity contribution in [1.29, 1.82) is 0 Å². The third-order valence-corrected chi connectivity index (χ3v) is 3.35. The lowest BCUT2D eigenvalue weighted by atomic mass is 10.2. The van der Waals surface area contributed by atoms with Crippen LogP contribution in [0.15, 0.2) is 42.5 Å². The summed E-state index contributed by atoms with van der Waals surface area (Å²) in [6, 6.07) is 10.7. The van der Waals surface area contributed by atoms with Crippen LogP contribution in [0.2, 0.25) is 0 Å². The summed E-state index contributed by atoms with van der Waals surface area (Å²) in [5.74, 6) is 1.07. The van der Waals surface area contributed by atoms with Gasteiger partial charge in [-0.05, 0) is 25.1 Å². The molecule has 0 spiro atoms. The number of hydrogen-bond donors (Lipinski definition) is 2. The number of hydrogen-bond acceptors (Lipinski definition) is 4. The monoisotopic (exact) mass is 366 g/mol. The molecule has 2 rings (SSSR count). The highest BCUT2D eigenvalue weighted by atomic mass is 19.3. The third kappa shape index (κ3) is 5.51. The van der Waals surface area contributed by atoms with Gasteiger partial charge in [-0.15, -0.1) is 0 Å². The van der Waals surface area contributed by atoms with Crippen molar-refractivity contribution in [3.8, 4) is 17.2 Å². The van der Waals surface area contributed by atoms with Crippen molar-refractivity contribution in [3.63, 3.8) is 0 Å². The number of ether oxygens (including phenoxy) is 3. The molecule has 140 valence electrons. The fourth-order valence-electron chi connectivity index (χ4n) is 2.23. The maximum absolute atomic E-state index is 12.4. The summed E-state index contributed by atoms with van der Waals surface area (Å²) in [6.45, 7) is -0.609. The predicted molar refractivity (Wildman–Crippen MR) is 93.1 cm³/mol. The average Bonchev–Trinajstić information content (AvgIpc) is 2.61. The standard InChI is InChI=1S/C18H20F2N2O4/c1-3-25-16-10-13(8-9-15(16)24-2)22-18(23)21-11-12-6-4-5-7-14(12)26-17(19)20/h4-10,17H,3,11H2,1-2H3,(H2,21,22,23). The molecule has 0 aliphatic heterocycles. The van der Waals surface area contributed by atoms with Gasteiger partial charge < -0.3 is 24.8 Å². The molecule has 0 bridgehead atoms. The molecule has 8 heteroatoms. The zero-order valence-corrected chi connectivity index (χ0v) is 14.4. The maximum Gasteiger partial charge on any atom is 0.387 e. The number of methoxy groups -OCH3 is 1. The molecule has 2 N–H and O–H groups in total. The summed E-state index contributed by atoms with van der Waals surface area (Å²) in [4.78, 5) is 12.1. The Labute approximate surface area is 150 Å². The molecule has 2 aromatic rings. The van der Waals surface area contributed by atoms with Crippen LogP contribution in [0, 0.1) is 0 Å². The number of halogens is 2. The second-order valence-corrected chi connectivity index (χ2v) is 5.09. The van der Waals surface area contributed by atoms with Gasteiger partial charge in [-0.1, -0.05) is 18.2 Å². The number of carbonyl (C=O) groups is 1. The first-order valence-electron chi connectivity index (χ1n) is 7.92. The van der Waals surface area contributed by atoms with E-state index in [-0.39, 0.29) is 12.3 Å². The van der Waals surface area contributed by atoms with Crippen LogP contribution in [0.1, 0.15) is 12.5 Å². The van der Waals surface area contributed by atoms with Crippen molar-refractivity contribution < 1.29 is 27.8 Å². The van der Waals surface area contributed by atoms with E-state index in [4.69, 9.17) is 9.47 Å². The number of urea groups is 1. The molecule has 0 fully saturated rings. The zero-order chi connectivity index (χ0) is 18.9. The first-order chi connectivity index (χ1) is 12.5. The molecule has 2 aromatic carbocycles. The minimum absolute atomic E-state index is 0.0193. The number of anilines is 1. The van der Waals surface area contributed by atoms with Gasteiger partial charge in [-0.3, -0.25) is 0 Å². The molecule has 0 saturated heterocycles. The van der Waals surface area contributed by atoms with Gasteiger partial charge in [0.25, 0.3) is 0 Å². The highest BCUT2D eigenvalue weighted by Crippen LogP contribution is 2.30. The minimum atomic E-state index is -2.93. The normalized spacial score (nSPS) is 10.3. The van der Waals surface area contributed by atoms with E-state index in [2.05, 4.69) is 15.4 Å². The Balaban J connectivity index is 1.98. The Hall–Kier alpha value is -3.03. The van der Waals surface area contributed by atoms with E-state index in [1.807, 2.05) is 6.92 Å². The molecule has 0 saturated carbocycles. The average molecular weight is 366 g/mol. The molecular weight excluding hydrogens is 346 g/mol. The van der Waals surface area contributed by atoms with Gasteiger partial charge in [-0.2, -0.15) is 8.78 Å². The Kier molecular flexibility index (Phi) is 7.02. The summed E-state index contributed by atoms with van der Waals surface area (Å²) in [7, 11) is 1.52. The first-order valence-corrected chi connectivity index (χ1v) is 7.92. The lowest BCUT2D eigenvalue weighted by Gasteiger charge is -2.13. The highest BCUT2D eigenvalue weighted by Gasteiger charge is 2.11. The van der Waals surface area contributed by atoms with Gasteiger partial charge in [0.15, 0.2) is 11.5 Å². The van der Waals surface area contributed by atoms with Crippen molar-refractivity contribution in [2.45, 2.75) is 20.1 Å². The Morgan fingerprint density at radius 1 is 1.12 bits per heavy atom. The van der Waals surface area contributed by atoms with E-state index in [1.54, 1.807) is 36.4 Å². The summed E-state index contributed by atoms with van der Waals surface area (Å²) >= 11 is 0. The Bertz CT molecular complexity index is 741. The number of benzene rings is 2. The molecule has 0 unspecified atom stereocenters. The first kappa shape index (κ1) is 19.3. The van der Waals surface area contributed by atoms with Gasteiger partial charge in [0.2, 0.25) is 0 Å².